The molecule has 0 radical (unpaired) electrons. The molecule has 0 aromatic heterocycles. The maximum atomic E-state index is 12.3. The van der Waals surface area contributed by atoms with E-state index in [1.54, 1.807) is 0 Å². The summed E-state index contributed by atoms with van der Waals surface area (Å²) in [6, 6.07) is 0. The molecule has 1 aliphatic heterocycles. The van der Waals surface area contributed by atoms with Crippen molar-refractivity contribution in [3.05, 3.63) is 0 Å². The summed E-state index contributed by atoms with van der Waals surface area (Å²) in [5, 5.41) is 0. The fourth-order valence-corrected chi connectivity index (χ4v) is 3.54. The van der Waals surface area contributed by atoms with Crippen LogP contribution in [0.1, 0.15) is 91.9 Å². The highest BCUT2D eigenvalue weighted by molar-refractivity contribution is 5.88. The summed E-state index contributed by atoms with van der Waals surface area (Å²) in [4.78, 5) is 26.3. The number of hydrogen-bond donors (Lipinski definition) is 0. The topological polar surface area (TPSA) is 46.6 Å². The van der Waals surface area contributed by atoms with Crippen molar-refractivity contribution in [1.82, 2.24) is 4.90 Å². The van der Waals surface area contributed by atoms with Gasteiger partial charge in [-0.1, -0.05) is 71.6 Å². The number of unbranched alkanes of at least 4 members (excludes halogenated alkanes) is 9. The Bertz CT molecular complexity index is 395. The van der Waals surface area contributed by atoms with E-state index in [0.29, 0.717) is 6.54 Å². The van der Waals surface area contributed by atoms with Gasteiger partial charge in [0.2, 0.25) is 5.91 Å². The smallest absolute Gasteiger partial charge is 0.311 e. The summed E-state index contributed by atoms with van der Waals surface area (Å²) in [5.74, 6) is -0.643. The summed E-state index contributed by atoms with van der Waals surface area (Å²) in [6.07, 6.45) is 12.8. The maximum absolute atomic E-state index is 12.3. The zero-order chi connectivity index (χ0) is 18.7. The van der Waals surface area contributed by atoms with Gasteiger partial charge in [0.15, 0.2) is 0 Å². The number of likely N-dealkylation sites (tertiary alicyclic amines) is 1. The van der Waals surface area contributed by atoms with Crippen LogP contribution in [0.2, 0.25) is 0 Å². The van der Waals surface area contributed by atoms with Crippen molar-refractivity contribution < 1.29 is 14.3 Å². The molecule has 0 aromatic rings. The lowest BCUT2D eigenvalue weighted by Crippen LogP contribution is -2.28. The monoisotopic (exact) mass is 353 g/mol. The van der Waals surface area contributed by atoms with Crippen molar-refractivity contribution in [2.24, 2.45) is 11.8 Å². The molecule has 1 saturated heterocycles. The molecule has 0 N–H and O–H groups in total. The highest BCUT2D eigenvalue weighted by Gasteiger charge is 2.42. The molecule has 0 aliphatic carbocycles. The Hall–Kier alpha value is -1.06. The van der Waals surface area contributed by atoms with Gasteiger partial charge < -0.3 is 9.64 Å². The molecule has 2 unspecified atom stereocenters. The molecule has 4 nitrogen and oxygen atoms in total. The number of amides is 1. The molecule has 1 aliphatic rings. The molecule has 0 bridgehead atoms. The van der Waals surface area contributed by atoms with E-state index in [2.05, 4.69) is 6.92 Å². The van der Waals surface area contributed by atoms with Gasteiger partial charge in [-0.15, -0.1) is 0 Å². The fraction of sp³-hybridized carbons (Fsp3) is 0.905. The number of carbonyl (C=O) groups is 2. The number of ether oxygens (including phenoxy) is 1. The van der Waals surface area contributed by atoms with E-state index in [9.17, 15) is 9.59 Å². The van der Waals surface area contributed by atoms with E-state index in [0.717, 1.165) is 13.0 Å². The van der Waals surface area contributed by atoms with Crippen LogP contribution < -0.4 is 0 Å². The molecule has 0 aromatic carbocycles. The van der Waals surface area contributed by atoms with Gasteiger partial charge in [0.05, 0.1) is 17.9 Å². The molecule has 1 fully saturated rings. The van der Waals surface area contributed by atoms with E-state index in [-0.39, 0.29) is 29.8 Å². The van der Waals surface area contributed by atoms with Crippen LogP contribution in [0.25, 0.3) is 0 Å². The molecular weight excluding hydrogens is 314 g/mol. The van der Waals surface area contributed by atoms with Crippen LogP contribution in [0.3, 0.4) is 0 Å². The molecule has 1 amide bonds. The Labute approximate surface area is 154 Å². The van der Waals surface area contributed by atoms with Crippen molar-refractivity contribution >= 4 is 11.9 Å². The van der Waals surface area contributed by atoms with Gasteiger partial charge in [-0.2, -0.15) is 0 Å². The van der Waals surface area contributed by atoms with Crippen LogP contribution in [0.4, 0.5) is 0 Å². The molecule has 25 heavy (non-hydrogen) atoms. The highest BCUT2D eigenvalue weighted by atomic mass is 16.5. The second-order valence-electron chi connectivity index (χ2n) is 7.85. The van der Waals surface area contributed by atoms with E-state index in [1.807, 2.05) is 25.7 Å². The minimum atomic E-state index is -0.293. The lowest BCUT2D eigenvalue weighted by atomic mass is 9.98. The fourth-order valence-electron chi connectivity index (χ4n) is 3.54. The Morgan fingerprint density at radius 1 is 1.04 bits per heavy atom. The summed E-state index contributed by atoms with van der Waals surface area (Å²) in [5.41, 5.74) is 0. The minimum Gasteiger partial charge on any atom is -0.463 e. The largest absolute Gasteiger partial charge is 0.463 e. The highest BCUT2D eigenvalue weighted by Crippen LogP contribution is 2.26. The average Bonchev–Trinajstić information content (AvgIpc) is 2.84. The molecule has 4 heteroatoms. The Morgan fingerprint density at radius 2 is 1.56 bits per heavy atom. The predicted octanol–water partition coefficient (Wildman–Crippen LogP) is 4.95. The lowest BCUT2D eigenvalue weighted by molar-refractivity contribution is -0.153. The third-order valence-corrected chi connectivity index (χ3v) is 5.16. The quantitative estimate of drug-likeness (QED) is 0.347. The molecule has 2 atom stereocenters. The number of hydrogen-bond acceptors (Lipinski definition) is 3. The average molecular weight is 354 g/mol. The lowest BCUT2D eigenvalue weighted by Gasteiger charge is -2.16. The molecule has 1 rings (SSSR count). The molecule has 0 spiro atoms. The first-order valence-electron chi connectivity index (χ1n) is 10.5. The third-order valence-electron chi connectivity index (χ3n) is 5.16. The summed E-state index contributed by atoms with van der Waals surface area (Å²) in [7, 11) is 0. The summed E-state index contributed by atoms with van der Waals surface area (Å²) >= 11 is 0. The third kappa shape index (κ3) is 8.24. The standard InChI is InChI=1S/C21H39NO3/c1-5-6-7-8-9-10-11-12-13-14-15-22-16-19(18(4)20(22)23)21(24)25-17(2)3/h17-19H,5-16H2,1-4H3. The van der Waals surface area contributed by atoms with Gasteiger partial charge in [0.25, 0.3) is 0 Å². The van der Waals surface area contributed by atoms with Crippen LogP contribution in [-0.2, 0) is 14.3 Å². The number of carbonyl (C=O) groups excluding carboxylic acids is 2. The van der Waals surface area contributed by atoms with Crippen LogP contribution >= 0.6 is 0 Å². The van der Waals surface area contributed by atoms with Crippen LogP contribution in [-0.4, -0.2) is 36.0 Å². The minimum absolute atomic E-state index is 0.113. The van der Waals surface area contributed by atoms with Crippen LogP contribution in [0.5, 0.6) is 0 Å². The SMILES string of the molecule is CCCCCCCCCCCCN1CC(C(=O)OC(C)C)C(C)C1=O. The van der Waals surface area contributed by atoms with Gasteiger partial charge in [-0.3, -0.25) is 9.59 Å². The van der Waals surface area contributed by atoms with E-state index in [1.165, 1.54) is 57.8 Å². The first kappa shape index (κ1) is 22.0. The predicted molar refractivity (Wildman–Crippen MR) is 102 cm³/mol. The van der Waals surface area contributed by atoms with Crippen LogP contribution in [0, 0.1) is 11.8 Å². The molecular formula is C21H39NO3. The molecule has 0 saturated carbocycles. The first-order chi connectivity index (χ1) is 12.0. The van der Waals surface area contributed by atoms with Crippen molar-refractivity contribution in [3.8, 4) is 0 Å². The second kappa shape index (κ2) is 12.3. The van der Waals surface area contributed by atoms with Gasteiger partial charge in [0.1, 0.15) is 0 Å². The Kier molecular flexibility index (Phi) is 10.8. The van der Waals surface area contributed by atoms with Crippen molar-refractivity contribution in [1.29, 1.82) is 0 Å². The van der Waals surface area contributed by atoms with E-state index in [4.69, 9.17) is 4.74 Å². The number of esters is 1. The number of rotatable bonds is 13. The number of nitrogens with zero attached hydrogens (tertiary/aromatic N) is 1. The Morgan fingerprint density at radius 3 is 2.08 bits per heavy atom. The Balaban J connectivity index is 2.13. The van der Waals surface area contributed by atoms with Crippen molar-refractivity contribution in [3.63, 3.8) is 0 Å². The van der Waals surface area contributed by atoms with E-state index >= 15 is 0 Å². The van der Waals surface area contributed by atoms with Gasteiger partial charge in [-0.05, 0) is 20.3 Å². The zero-order valence-corrected chi connectivity index (χ0v) is 16.9. The maximum Gasteiger partial charge on any atom is 0.311 e. The van der Waals surface area contributed by atoms with E-state index < -0.39 is 0 Å². The molecule has 1 heterocycles. The zero-order valence-electron chi connectivity index (χ0n) is 16.9. The van der Waals surface area contributed by atoms with Gasteiger partial charge in [-0.25, -0.2) is 0 Å². The summed E-state index contributed by atoms with van der Waals surface area (Å²) < 4.78 is 5.29. The summed E-state index contributed by atoms with van der Waals surface area (Å²) in [6.45, 7) is 9.12. The van der Waals surface area contributed by atoms with Gasteiger partial charge >= 0.3 is 5.97 Å². The van der Waals surface area contributed by atoms with Crippen molar-refractivity contribution in [2.45, 2.75) is 98.0 Å². The first-order valence-corrected chi connectivity index (χ1v) is 10.5. The normalized spacial score (nSPS) is 20.5. The van der Waals surface area contributed by atoms with Crippen LogP contribution in [0.15, 0.2) is 0 Å². The van der Waals surface area contributed by atoms with Crippen molar-refractivity contribution in [2.75, 3.05) is 13.1 Å². The van der Waals surface area contributed by atoms with Gasteiger partial charge in [0, 0.05) is 13.1 Å². The second-order valence-corrected chi connectivity index (χ2v) is 7.85. The molecule has 146 valence electrons.